The lowest BCUT2D eigenvalue weighted by Gasteiger charge is -2.08. The number of hydrogen-bond donors (Lipinski definition) is 1. The quantitative estimate of drug-likeness (QED) is 0.435. The van der Waals surface area contributed by atoms with E-state index in [9.17, 15) is 9.59 Å². The zero-order valence-electron chi connectivity index (χ0n) is 18.7. The van der Waals surface area contributed by atoms with Gasteiger partial charge in [0.2, 0.25) is 0 Å². The van der Waals surface area contributed by atoms with E-state index in [-0.39, 0.29) is 11.5 Å². The van der Waals surface area contributed by atoms with Crippen molar-refractivity contribution in [2.24, 2.45) is 0 Å². The highest BCUT2D eigenvalue weighted by atomic mass is 32.1. The highest BCUT2D eigenvalue weighted by Crippen LogP contribution is 2.33. The summed E-state index contributed by atoms with van der Waals surface area (Å²) in [6.45, 7) is 4.51. The monoisotopic (exact) mass is 480 g/mol. The van der Waals surface area contributed by atoms with E-state index in [1.54, 1.807) is 11.7 Å². The lowest BCUT2D eigenvalue weighted by atomic mass is 10.1. The highest BCUT2D eigenvalue weighted by molar-refractivity contribution is 7.21. The fraction of sp³-hybridized carbons (Fsp3) is 0.333. The van der Waals surface area contributed by atoms with Crippen molar-refractivity contribution < 1.29 is 9.53 Å². The largest absolute Gasteiger partial charge is 0.497 e. The summed E-state index contributed by atoms with van der Waals surface area (Å²) < 4.78 is 7.02. The second kappa shape index (κ2) is 8.72. The Kier molecular flexibility index (Phi) is 5.76. The standard InChI is InChI=1S/C24H24N4O3S2/c1-13-18-22(25-17-7-5-4-6-12-28(17)23(18)30)33-20(13)21(29)27-24-26-19(14(2)32-24)15-8-10-16(31-3)11-9-15/h8-11H,4-7,12H2,1-3H3,(H,26,27,29). The van der Waals surface area contributed by atoms with Crippen molar-refractivity contribution in [2.75, 3.05) is 12.4 Å². The van der Waals surface area contributed by atoms with Gasteiger partial charge in [0, 0.05) is 23.4 Å². The Hall–Kier alpha value is -3.04. The number of thiophene rings is 1. The van der Waals surface area contributed by atoms with Crippen LogP contribution >= 0.6 is 22.7 Å². The molecule has 1 aliphatic heterocycles. The van der Waals surface area contributed by atoms with Crippen LogP contribution < -0.4 is 15.6 Å². The van der Waals surface area contributed by atoms with E-state index in [2.05, 4.69) is 10.3 Å². The number of aromatic nitrogens is 3. The smallest absolute Gasteiger partial charge is 0.267 e. The molecule has 170 valence electrons. The zero-order valence-corrected chi connectivity index (χ0v) is 20.4. The van der Waals surface area contributed by atoms with Gasteiger partial charge in [-0.3, -0.25) is 19.5 Å². The first kappa shape index (κ1) is 21.8. The minimum Gasteiger partial charge on any atom is -0.497 e. The van der Waals surface area contributed by atoms with E-state index in [4.69, 9.17) is 9.72 Å². The number of methoxy groups -OCH3 is 1. The Morgan fingerprint density at radius 1 is 1.09 bits per heavy atom. The molecule has 1 aliphatic rings. The van der Waals surface area contributed by atoms with Crippen molar-refractivity contribution in [3.8, 4) is 17.0 Å². The van der Waals surface area contributed by atoms with E-state index in [0.29, 0.717) is 32.3 Å². The number of thiazole rings is 1. The summed E-state index contributed by atoms with van der Waals surface area (Å²) in [4.78, 5) is 37.9. The Labute approximate surface area is 199 Å². The van der Waals surface area contributed by atoms with Gasteiger partial charge in [-0.15, -0.1) is 22.7 Å². The number of carbonyl (C=O) groups is 1. The van der Waals surface area contributed by atoms with Gasteiger partial charge in [0.05, 0.1) is 23.1 Å². The van der Waals surface area contributed by atoms with Crippen molar-refractivity contribution in [1.29, 1.82) is 0 Å². The Morgan fingerprint density at radius 2 is 1.88 bits per heavy atom. The number of fused-ring (bicyclic) bond motifs is 2. The van der Waals surface area contributed by atoms with Gasteiger partial charge >= 0.3 is 0 Å². The first-order valence-corrected chi connectivity index (χ1v) is 12.6. The molecular weight excluding hydrogens is 456 g/mol. The Morgan fingerprint density at radius 3 is 2.64 bits per heavy atom. The molecule has 1 aromatic carbocycles. The van der Waals surface area contributed by atoms with Gasteiger partial charge in [0.15, 0.2) is 5.13 Å². The summed E-state index contributed by atoms with van der Waals surface area (Å²) in [6.07, 6.45) is 3.93. The van der Waals surface area contributed by atoms with Crippen LogP contribution in [0.5, 0.6) is 5.75 Å². The minimum absolute atomic E-state index is 0.0309. The molecule has 0 radical (unpaired) electrons. The van der Waals surface area contributed by atoms with Gasteiger partial charge < -0.3 is 4.74 Å². The number of benzene rings is 1. The first-order chi connectivity index (χ1) is 16.0. The third-order valence-electron chi connectivity index (χ3n) is 6.00. The third-order valence-corrected chi connectivity index (χ3v) is 8.07. The number of carbonyl (C=O) groups excluding carboxylic acids is 1. The molecule has 1 amide bonds. The molecular formula is C24H24N4O3S2. The predicted octanol–water partition coefficient (Wildman–Crippen LogP) is 5.19. The minimum atomic E-state index is -0.259. The maximum Gasteiger partial charge on any atom is 0.267 e. The third kappa shape index (κ3) is 3.95. The van der Waals surface area contributed by atoms with Crippen LogP contribution in [0.2, 0.25) is 0 Å². The average Bonchev–Trinajstić information content (AvgIpc) is 3.23. The summed E-state index contributed by atoms with van der Waals surface area (Å²) in [5.74, 6) is 1.35. The van der Waals surface area contributed by atoms with Crippen LogP contribution in [0.25, 0.3) is 21.5 Å². The van der Waals surface area contributed by atoms with E-state index in [0.717, 1.165) is 53.4 Å². The van der Waals surface area contributed by atoms with Crippen molar-refractivity contribution in [1.82, 2.24) is 14.5 Å². The van der Waals surface area contributed by atoms with E-state index < -0.39 is 0 Å². The highest BCUT2D eigenvalue weighted by Gasteiger charge is 2.23. The normalized spacial score (nSPS) is 13.5. The molecule has 0 spiro atoms. The molecule has 0 fully saturated rings. The zero-order chi connectivity index (χ0) is 23.1. The molecule has 0 atom stereocenters. The second-order valence-electron chi connectivity index (χ2n) is 8.14. The van der Waals surface area contributed by atoms with Crippen LogP contribution in [0, 0.1) is 13.8 Å². The van der Waals surface area contributed by atoms with Crippen LogP contribution in [0.15, 0.2) is 29.1 Å². The maximum atomic E-state index is 13.2. The second-order valence-corrected chi connectivity index (χ2v) is 10.3. The number of hydrogen-bond acceptors (Lipinski definition) is 7. The summed E-state index contributed by atoms with van der Waals surface area (Å²) in [7, 11) is 1.63. The molecule has 0 saturated carbocycles. The molecule has 0 unspecified atom stereocenters. The molecule has 3 aromatic heterocycles. The topological polar surface area (TPSA) is 86.1 Å². The summed E-state index contributed by atoms with van der Waals surface area (Å²) in [5.41, 5.74) is 2.45. The molecule has 4 heterocycles. The fourth-order valence-electron chi connectivity index (χ4n) is 4.25. The SMILES string of the molecule is COc1ccc(-c2nc(NC(=O)c3sc4nc5n(c(=O)c4c3C)CCCCC5)sc2C)cc1. The van der Waals surface area contributed by atoms with Gasteiger partial charge in [-0.05, 0) is 56.5 Å². The molecule has 0 bridgehead atoms. The number of ether oxygens (including phenoxy) is 1. The van der Waals surface area contributed by atoms with Crippen molar-refractivity contribution in [3.05, 3.63) is 55.8 Å². The van der Waals surface area contributed by atoms with Gasteiger partial charge in [-0.2, -0.15) is 0 Å². The number of anilines is 1. The maximum absolute atomic E-state index is 13.2. The number of nitrogens with one attached hydrogen (secondary N) is 1. The Bertz CT molecular complexity index is 1420. The molecule has 0 saturated heterocycles. The lowest BCUT2D eigenvalue weighted by molar-refractivity contribution is 0.103. The van der Waals surface area contributed by atoms with Crippen LogP contribution in [-0.4, -0.2) is 27.6 Å². The lowest BCUT2D eigenvalue weighted by Crippen LogP contribution is -2.24. The van der Waals surface area contributed by atoms with Gasteiger partial charge in [0.25, 0.3) is 11.5 Å². The fourth-order valence-corrected chi connectivity index (χ4v) is 6.16. The number of amides is 1. The molecule has 7 nitrogen and oxygen atoms in total. The van der Waals surface area contributed by atoms with Crippen molar-refractivity contribution in [3.63, 3.8) is 0 Å². The average molecular weight is 481 g/mol. The van der Waals surface area contributed by atoms with E-state index in [1.165, 1.54) is 22.7 Å². The summed E-state index contributed by atoms with van der Waals surface area (Å²) in [6, 6.07) is 7.68. The van der Waals surface area contributed by atoms with Gasteiger partial charge in [-0.1, -0.05) is 6.42 Å². The molecule has 9 heteroatoms. The van der Waals surface area contributed by atoms with Crippen LogP contribution in [0.4, 0.5) is 5.13 Å². The molecule has 33 heavy (non-hydrogen) atoms. The van der Waals surface area contributed by atoms with Crippen molar-refractivity contribution in [2.45, 2.75) is 46.1 Å². The van der Waals surface area contributed by atoms with Crippen LogP contribution in [-0.2, 0) is 13.0 Å². The summed E-state index contributed by atoms with van der Waals surface area (Å²) in [5, 5.41) is 4.02. The Balaban J connectivity index is 1.45. The number of nitrogens with zero attached hydrogens (tertiary/aromatic N) is 3. The molecule has 0 aliphatic carbocycles. The van der Waals surface area contributed by atoms with Crippen LogP contribution in [0.3, 0.4) is 0 Å². The molecule has 1 N–H and O–H groups in total. The van der Waals surface area contributed by atoms with E-state index in [1.807, 2.05) is 38.1 Å². The summed E-state index contributed by atoms with van der Waals surface area (Å²) >= 11 is 2.71. The molecule has 5 rings (SSSR count). The van der Waals surface area contributed by atoms with Crippen LogP contribution in [0.1, 0.15) is 45.2 Å². The first-order valence-electron chi connectivity index (χ1n) is 10.9. The van der Waals surface area contributed by atoms with Gasteiger partial charge in [0.1, 0.15) is 16.4 Å². The predicted molar refractivity (Wildman–Crippen MR) is 133 cm³/mol. The number of aryl methyl sites for hydroxylation is 3. The van der Waals surface area contributed by atoms with Gasteiger partial charge in [-0.25, -0.2) is 9.97 Å². The molecule has 4 aromatic rings. The van der Waals surface area contributed by atoms with Crippen molar-refractivity contribution >= 4 is 43.9 Å². The number of rotatable bonds is 4. The van der Waals surface area contributed by atoms with E-state index >= 15 is 0 Å².